The zero-order chi connectivity index (χ0) is 20.4. The summed E-state index contributed by atoms with van der Waals surface area (Å²) in [6.45, 7) is 4.55. The lowest BCUT2D eigenvalue weighted by atomic mass is 10.1. The minimum absolute atomic E-state index is 0.549. The number of hydrogen-bond donors (Lipinski definition) is 1. The number of thiol groups is 1. The molecule has 0 unspecified atom stereocenters. The fourth-order valence-electron chi connectivity index (χ4n) is 2.48. The Balaban J connectivity index is 0.000000209. The largest absolute Gasteiger partial charge is 0.457 e. The predicted molar refractivity (Wildman–Crippen MR) is 123 cm³/mol. The first-order valence-corrected chi connectivity index (χ1v) is 9.68. The number of carbonyl (C=O) groups excluding carboxylic acids is 1. The first kappa shape index (κ1) is 21.7. The number of rotatable bonds is 6. The maximum absolute atomic E-state index is 10.4. The van der Waals surface area contributed by atoms with Gasteiger partial charge in [0.15, 0.2) is 0 Å². The number of allylic oxidation sites excluding steroid dienone is 1. The van der Waals surface area contributed by atoms with E-state index in [0.717, 1.165) is 34.0 Å². The Morgan fingerprint density at radius 1 is 1.11 bits per heavy atom. The van der Waals surface area contributed by atoms with Gasteiger partial charge in [-0.05, 0) is 48.6 Å². The van der Waals surface area contributed by atoms with Gasteiger partial charge in [-0.25, -0.2) is 0 Å². The van der Waals surface area contributed by atoms with Gasteiger partial charge in [0.2, 0.25) is 6.41 Å². The molecule has 0 atom stereocenters. The van der Waals surface area contributed by atoms with E-state index in [1.807, 2.05) is 67.6 Å². The van der Waals surface area contributed by atoms with E-state index in [4.69, 9.17) is 4.42 Å². The maximum Gasteiger partial charge on any atom is 0.214 e. The summed E-state index contributed by atoms with van der Waals surface area (Å²) in [6, 6.07) is 21.9. The molecule has 5 heteroatoms. The molecule has 3 rings (SSSR count). The van der Waals surface area contributed by atoms with Gasteiger partial charge in [-0.15, -0.1) is 12.6 Å². The van der Waals surface area contributed by atoms with Gasteiger partial charge >= 0.3 is 0 Å². The van der Waals surface area contributed by atoms with Crippen LogP contribution in [0.15, 0.2) is 76.1 Å². The minimum Gasteiger partial charge on any atom is -0.457 e. The molecule has 0 radical (unpaired) electrons. The highest BCUT2D eigenvalue weighted by atomic mass is 32.1. The molecule has 0 N–H and O–H groups in total. The predicted octanol–water partition coefficient (Wildman–Crippen LogP) is 6.15. The minimum atomic E-state index is 0.549. The van der Waals surface area contributed by atoms with Crippen LogP contribution in [0.25, 0.3) is 17.4 Å². The molecule has 0 saturated carbocycles. The second-order valence-electron chi connectivity index (χ2n) is 6.23. The molecule has 0 spiro atoms. The number of nitrogens with zero attached hydrogens (tertiary/aromatic N) is 1. The number of benzene rings is 2. The standard InChI is InChI=1S/C14H14OS.C9H9NOS/c1-10-4-3-5-12(8-10)14-7-6-13(15-14)9-11(2)16;11-7-10(8-12)6-9-4-2-1-3-5-9/h3-9,16H,1-2H3;1-5,7-8H,6H2/b11-9+;. The summed E-state index contributed by atoms with van der Waals surface area (Å²) >= 11 is 8.86. The Kier molecular flexibility index (Phi) is 8.72. The third-order valence-electron chi connectivity index (χ3n) is 3.76. The van der Waals surface area contributed by atoms with Gasteiger partial charge in [0.1, 0.15) is 11.5 Å². The van der Waals surface area contributed by atoms with Gasteiger partial charge in [-0.2, -0.15) is 0 Å². The van der Waals surface area contributed by atoms with Gasteiger partial charge in [0.25, 0.3) is 0 Å². The molecule has 0 aliphatic carbocycles. The fraction of sp³-hybridized carbons (Fsp3) is 0.130. The number of carbonyl (C=O) groups is 1. The summed E-state index contributed by atoms with van der Waals surface area (Å²) < 4.78 is 5.71. The van der Waals surface area contributed by atoms with E-state index >= 15 is 0 Å². The number of amides is 1. The van der Waals surface area contributed by atoms with E-state index in [9.17, 15) is 4.79 Å². The lowest BCUT2D eigenvalue weighted by Crippen LogP contribution is -2.17. The van der Waals surface area contributed by atoms with Crippen molar-refractivity contribution in [2.75, 3.05) is 0 Å². The number of thiocarbonyl (C=S) groups is 1. The number of aryl methyl sites for hydroxylation is 1. The number of hydrogen-bond acceptors (Lipinski definition) is 4. The van der Waals surface area contributed by atoms with Gasteiger partial charge in [0.05, 0.1) is 12.0 Å². The Morgan fingerprint density at radius 3 is 2.46 bits per heavy atom. The smallest absolute Gasteiger partial charge is 0.214 e. The molecular weight excluding hydrogens is 386 g/mol. The molecule has 1 amide bonds. The van der Waals surface area contributed by atoms with Crippen molar-refractivity contribution >= 4 is 42.8 Å². The van der Waals surface area contributed by atoms with Crippen molar-refractivity contribution in [2.45, 2.75) is 20.4 Å². The van der Waals surface area contributed by atoms with Crippen molar-refractivity contribution in [2.24, 2.45) is 0 Å². The molecule has 1 heterocycles. The molecule has 0 bridgehead atoms. The van der Waals surface area contributed by atoms with Crippen LogP contribution in [0, 0.1) is 6.92 Å². The van der Waals surface area contributed by atoms with Crippen LogP contribution in [0.3, 0.4) is 0 Å². The van der Waals surface area contributed by atoms with Crippen LogP contribution in [-0.2, 0) is 11.3 Å². The molecule has 3 aromatic rings. The molecule has 0 aliphatic heterocycles. The van der Waals surface area contributed by atoms with Gasteiger partial charge in [-0.3, -0.25) is 4.79 Å². The highest BCUT2D eigenvalue weighted by Gasteiger charge is 2.03. The van der Waals surface area contributed by atoms with Crippen LogP contribution >= 0.6 is 24.8 Å². The average molecular weight is 410 g/mol. The van der Waals surface area contributed by atoms with Crippen molar-refractivity contribution in [1.82, 2.24) is 4.90 Å². The average Bonchev–Trinajstić information content (AvgIpc) is 3.15. The molecule has 3 nitrogen and oxygen atoms in total. The molecule has 144 valence electrons. The van der Waals surface area contributed by atoms with Crippen LogP contribution in [-0.4, -0.2) is 16.8 Å². The summed E-state index contributed by atoms with van der Waals surface area (Å²) in [4.78, 5) is 12.7. The lowest BCUT2D eigenvalue weighted by Gasteiger charge is -2.09. The van der Waals surface area contributed by atoms with Gasteiger partial charge in [-0.1, -0.05) is 66.3 Å². The zero-order valence-corrected chi connectivity index (χ0v) is 17.6. The molecule has 0 saturated heterocycles. The van der Waals surface area contributed by atoms with Crippen LogP contribution < -0.4 is 0 Å². The summed E-state index contributed by atoms with van der Waals surface area (Å²) in [7, 11) is 0. The molecule has 0 fully saturated rings. The van der Waals surface area contributed by atoms with Crippen LogP contribution in [0.1, 0.15) is 23.8 Å². The molecular formula is C23H23NO2S2. The first-order chi connectivity index (χ1) is 13.5. The van der Waals surface area contributed by atoms with E-state index in [0.29, 0.717) is 6.54 Å². The SMILES string of the molecule is C/C(S)=C\c1ccc(-c2cccc(C)c2)o1.O=CN(C=S)Cc1ccccc1. The van der Waals surface area contributed by atoms with Crippen molar-refractivity contribution in [3.8, 4) is 11.3 Å². The monoisotopic (exact) mass is 409 g/mol. The maximum atomic E-state index is 10.4. The Bertz CT molecular complexity index is 921. The van der Waals surface area contributed by atoms with Crippen molar-refractivity contribution < 1.29 is 9.21 Å². The Labute approximate surface area is 177 Å². The molecule has 28 heavy (non-hydrogen) atoms. The second-order valence-corrected chi connectivity index (χ2v) is 7.14. The van der Waals surface area contributed by atoms with E-state index < -0.39 is 0 Å². The van der Waals surface area contributed by atoms with E-state index in [1.54, 1.807) is 0 Å². The highest BCUT2D eigenvalue weighted by Crippen LogP contribution is 2.24. The quantitative estimate of drug-likeness (QED) is 0.301. The molecule has 1 aromatic heterocycles. The van der Waals surface area contributed by atoms with Crippen LogP contribution in [0.4, 0.5) is 0 Å². The number of furan rings is 1. The zero-order valence-electron chi connectivity index (χ0n) is 15.9. The summed E-state index contributed by atoms with van der Waals surface area (Å²) in [6.07, 6.45) is 2.63. The third kappa shape index (κ3) is 7.18. The molecule has 2 aromatic carbocycles. The van der Waals surface area contributed by atoms with Crippen molar-refractivity contribution in [1.29, 1.82) is 0 Å². The lowest BCUT2D eigenvalue weighted by molar-refractivity contribution is -0.114. The van der Waals surface area contributed by atoms with E-state index in [1.165, 1.54) is 16.0 Å². The van der Waals surface area contributed by atoms with Gasteiger partial charge in [0, 0.05) is 5.56 Å². The van der Waals surface area contributed by atoms with E-state index in [2.05, 4.69) is 43.9 Å². The van der Waals surface area contributed by atoms with E-state index in [-0.39, 0.29) is 0 Å². The Hall–Kier alpha value is -2.63. The summed E-state index contributed by atoms with van der Waals surface area (Å²) in [5, 5.41) is 0. The Morgan fingerprint density at radius 2 is 1.86 bits per heavy atom. The first-order valence-electron chi connectivity index (χ1n) is 8.76. The second kappa shape index (κ2) is 11.3. The summed E-state index contributed by atoms with van der Waals surface area (Å²) in [5.74, 6) is 1.73. The van der Waals surface area contributed by atoms with Crippen molar-refractivity contribution in [3.05, 3.63) is 88.5 Å². The van der Waals surface area contributed by atoms with Crippen LogP contribution in [0.5, 0.6) is 0 Å². The molecule has 0 aliphatic rings. The topological polar surface area (TPSA) is 33.5 Å². The van der Waals surface area contributed by atoms with Crippen molar-refractivity contribution in [3.63, 3.8) is 0 Å². The third-order valence-corrected chi connectivity index (χ3v) is 4.16. The van der Waals surface area contributed by atoms with Gasteiger partial charge < -0.3 is 9.32 Å². The normalized spacial score (nSPS) is 10.6. The summed E-state index contributed by atoms with van der Waals surface area (Å²) in [5.41, 5.74) is 4.76. The fourth-order valence-corrected chi connectivity index (χ4v) is 2.73. The van der Waals surface area contributed by atoms with Crippen LogP contribution in [0.2, 0.25) is 0 Å². The highest BCUT2D eigenvalue weighted by molar-refractivity contribution is 7.84.